The maximum Gasteiger partial charge on any atom is 0.326 e. The molecule has 6 rings (SSSR count). The molecule has 1 fully saturated rings. The molecule has 1 aliphatic rings. The molecule has 12 atom stereocenters. The van der Waals surface area contributed by atoms with Gasteiger partial charge in [-0.1, -0.05) is 58.0 Å². The van der Waals surface area contributed by atoms with Crippen molar-refractivity contribution in [2.24, 2.45) is 39.8 Å². The predicted octanol–water partition coefficient (Wildman–Crippen LogP) is -3.77. The number of hydrogen-bond acceptors (Lipinski definition) is 22. The Kier molecular flexibility index (Phi) is 38.0. The Labute approximate surface area is 683 Å². The number of rotatable bonds is 49. The highest BCUT2D eigenvalue weighted by molar-refractivity contribution is 7.98. The Hall–Kier alpha value is -11.8. The maximum atomic E-state index is 14.8. The van der Waals surface area contributed by atoms with Gasteiger partial charge in [-0.25, -0.2) is 14.8 Å². The van der Waals surface area contributed by atoms with E-state index in [2.05, 4.69) is 93.7 Å². The number of aliphatic carboxylic acids is 1. The first-order chi connectivity index (χ1) is 55.6. The van der Waals surface area contributed by atoms with Crippen molar-refractivity contribution in [2.45, 2.75) is 184 Å². The number of fused-ring (bicyclic) bond motifs is 1. The fourth-order valence-electron chi connectivity index (χ4n) is 12.6. The summed E-state index contributed by atoms with van der Waals surface area (Å²) in [7, 11) is 0. The Balaban J connectivity index is 1.14. The van der Waals surface area contributed by atoms with E-state index in [-0.39, 0.29) is 94.2 Å². The number of benzene rings is 2. The number of nitrogens with zero attached hydrogens (tertiary/aromatic N) is 4. The second kappa shape index (κ2) is 47.3. The van der Waals surface area contributed by atoms with Crippen LogP contribution in [0.1, 0.15) is 109 Å². The second-order valence-corrected chi connectivity index (χ2v) is 30.9. The number of imidazole rings is 2. The van der Waals surface area contributed by atoms with Crippen LogP contribution in [0.15, 0.2) is 84.8 Å². The zero-order valence-electron chi connectivity index (χ0n) is 66.2. The van der Waals surface area contributed by atoms with Crippen LogP contribution in [0.5, 0.6) is 5.75 Å². The largest absolute Gasteiger partial charge is 0.508 e. The quantitative estimate of drug-likeness (QED) is 0.0101. The lowest BCUT2D eigenvalue weighted by molar-refractivity contribution is -0.142. The number of aromatic hydroxyl groups is 1. The molecule has 0 saturated carbocycles. The highest BCUT2D eigenvalue weighted by atomic mass is 32.2. The number of carbonyl (C=O) groups is 15. The van der Waals surface area contributed by atoms with Crippen LogP contribution in [-0.4, -0.2) is 257 Å². The number of phenolic OH excluding ortho intramolecular Hbond substituents is 1. The van der Waals surface area contributed by atoms with Crippen LogP contribution in [0, 0.1) is 11.8 Å². The molecule has 4 heterocycles. The number of carbonyl (C=O) groups excluding carboxylic acids is 14. The van der Waals surface area contributed by atoms with Crippen molar-refractivity contribution in [1.29, 1.82) is 0 Å². The maximum absolute atomic E-state index is 14.8. The third-order valence-corrected chi connectivity index (χ3v) is 20.1. The first-order valence-corrected chi connectivity index (χ1v) is 40.9. The number of aromatic amines is 3. The van der Waals surface area contributed by atoms with Gasteiger partial charge in [0.15, 0.2) is 5.96 Å². The monoisotopic (exact) mass is 1670 g/mol. The summed E-state index contributed by atoms with van der Waals surface area (Å²) in [4.78, 5) is 230. The van der Waals surface area contributed by atoms with Crippen molar-refractivity contribution in [3.8, 4) is 5.75 Å². The van der Waals surface area contributed by atoms with Crippen molar-refractivity contribution in [3.05, 3.63) is 102 Å². The van der Waals surface area contributed by atoms with Gasteiger partial charge in [0.05, 0.1) is 49.6 Å². The zero-order valence-corrected chi connectivity index (χ0v) is 67.9. The summed E-state index contributed by atoms with van der Waals surface area (Å²) < 4.78 is 0. The number of aliphatic imine (C=N–C) groups is 1. The number of H-pyrrole nitrogens is 3. The molecule has 5 aromatic rings. The minimum absolute atomic E-state index is 0.00104. The third kappa shape index (κ3) is 31.0. The molecule has 25 N–H and O–H groups in total. The second-order valence-electron chi connectivity index (χ2n) is 28.9. The van der Waals surface area contributed by atoms with Gasteiger partial charge in [0.2, 0.25) is 82.7 Å². The first kappa shape index (κ1) is 94.0. The Bertz CT molecular complexity index is 4240. The zero-order chi connectivity index (χ0) is 86.0. The number of thioether (sulfide) groups is 2. The normalized spacial score (nSPS) is 15.3. The van der Waals surface area contributed by atoms with Crippen molar-refractivity contribution in [3.63, 3.8) is 0 Å². The molecular formula is C75H109N23O17S2. The number of phenols is 1. The Morgan fingerprint density at radius 1 is 0.573 bits per heavy atom. The Morgan fingerprint density at radius 2 is 1.12 bits per heavy atom. The number of guanidine groups is 1. The lowest BCUT2D eigenvalue weighted by Gasteiger charge is -2.30. The van der Waals surface area contributed by atoms with Gasteiger partial charge in [0, 0.05) is 68.3 Å². The fourth-order valence-corrected chi connectivity index (χ4v) is 13.5. The standard InChI is InChI=1S/C75H109N23O17S2/c1-39(2)26-52(67(107)92-51(74(114)115)21-25-117-7)93-68(108)54(29-44-33-80-37-86-44)89-61(102)36-85-72(112)62(40(3)4)97-63(103)41(5)88-66(106)53(28-43-32-83-49-13-9-8-12-47(43)49)94-69(109)55(30-45-34-81-38-87-45)95-70(110)56(31-59(77)100)90-60(101)35-84-65(105)50(14-10-22-82-75(78)79)91-71(111)58-15-11-23-98(58)73(113)57(27-42-16-18-46(99)19-17-42)96-64(104)48(76)20-24-116-6/h8-9,12-13,16-19,32-34,37-41,48,50-58,62,83,99H,10-11,14-15,20-31,35-36,76H2,1-7H3,(H2,77,100)(H,80,86)(H,81,87)(H,84,105)(H,85,112)(H,88,106)(H,89,102)(H,90,101)(H,91,111)(H,92,107)(H,93,108)(H,94,109)(H,95,110)(H,96,104)(H,97,103)(H,114,115)(H4,78,79,82)/t41-,48-,50-,51-,52-,53-,54-,55-,56-,57-,58-,62-/m0/s1. The molecule has 1 aliphatic heterocycles. The molecule has 0 spiro atoms. The number of nitrogens with one attached hydrogen (secondary N) is 15. The molecule has 0 unspecified atom stereocenters. The molecule has 638 valence electrons. The number of primary amides is 1. The molecule has 1 saturated heterocycles. The van der Waals surface area contributed by atoms with Gasteiger partial charge in [0.1, 0.15) is 72.2 Å². The van der Waals surface area contributed by atoms with Crippen LogP contribution in [-0.2, 0) is 97.6 Å². The molecule has 117 heavy (non-hydrogen) atoms. The number of nitrogens with two attached hydrogens (primary N) is 4. The van der Waals surface area contributed by atoms with Gasteiger partial charge in [0.25, 0.3) is 0 Å². The summed E-state index contributed by atoms with van der Waals surface area (Å²) >= 11 is 2.87. The van der Waals surface area contributed by atoms with Gasteiger partial charge >= 0.3 is 5.97 Å². The van der Waals surface area contributed by atoms with Crippen molar-refractivity contribution >= 4 is 129 Å². The van der Waals surface area contributed by atoms with Crippen LogP contribution in [0.25, 0.3) is 10.9 Å². The highest BCUT2D eigenvalue weighted by Crippen LogP contribution is 2.23. The summed E-state index contributed by atoms with van der Waals surface area (Å²) in [6.45, 7) is 6.57. The van der Waals surface area contributed by atoms with E-state index in [9.17, 15) is 82.1 Å². The van der Waals surface area contributed by atoms with Gasteiger partial charge in [-0.05, 0) is 117 Å². The number of likely N-dealkylation sites (tertiary alicyclic amines) is 1. The van der Waals surface area contributed by atoms with Gasteiger partial charge < -0.3 is 117 Å². The number of aromatic nitrogens is 5. The van der Waals surface area contributed by atoms with Crippen LogP contribution in [0.3, 0.4) is 0 Å². The first-order valence-electron chi connectivity index (χ1n) is 38.1. The van der Waals surface area contributed by atoms with Crippen LogP contribution >= 0.6 is 23.5 Å². The average Bonchev–Trinajstić information content (AvgIpc) is 1.69. The average molecular weight is 1670 g/mol. The van der Waals surface area contributed by atoms with E-state index in [0.29, 0.717) is 52.1 Å². The molecule has 0 aliphatic carbocycles. The Morgan fingerprint density at radius 3 is 1.70 bits per heavy atom. The summed E-state index contributed by atoms with van der Waals surface area (Å²) in [6, 6.07) is -3.35. The molecule has 2 aromatic carbocycles. The van der Waals surface area contributed by atoms with E-state index >= 15 is 0 Å². The summed E-state index contributed by atoms with van der Waals surface area (Å²) in [5.41, 5.74) is 25.2. The van der Waals surface area contributed by atoms with E-state index in [1.807, 2.05) is 6.26 Å². The molecule has 3 aromatic heterocycles. The van der Waals surface area contributed by atoms with Gasteiger partial charge in [-0.3, -0.25) is 72.1 Å². The third-order valence-electron chi connectivity index (χ3n) is 18.8. The summed E-state index contributed by atoms with van der Waals surface area (Å²) in [5, 5.41) is 51.1. The summed E-state index contributed by atoms with van der Waals surface area (Å²) in [6.07, 6.45) is 10.1. The minimum atomic E-state index is -1.83. The molecular weight excluding hydrogens is 1560 g/mol. The lowest BCUT2D eigenvalue weighted by atomic mass is 10.0. The topological polar surface area (TPSA) is 634 Å². The fraction of sp³-hybridized carbons (Fsp3) is 0.520. The minimum Gasteiger partial charge on any atom is -0.508 e. The van der Waals surface area contributed by atoms with Crippen LogP contribution in [0.2, 0.25) is 0 Å². The molecule has 0 radical (unpaired) electrons. The highest BCUT2D eigenvalue weighted by Gasteiger charge is 2.41. The van der Waals surface area contributed by atoms with E-state index in [1.165, 1.54) is 72.5 Å². The number of amides is 14. The molecule has 42 heteroatoms. The number of carboxylic acid groups (broad SMARTS) is 1. The van der Waals surface area contributed by atoms with E-state index in [0.717, 1.165) is 0 Å². The van der Waals surface area contributed by atoms with Crippen molar-refractivity contribution in [2.75, 3.05) is 50.2 Å². The van der Waals surface area contributed by atoms with Gasteiger partial charge in [-0.2, -0.15) is 23.5 Å². The predicted molar refractivity (Wildman–Crippen MR) is 434 cm³/mol. The SMILES string of the molecule is CSCC[C@H](NC(=O)[C@H](CC(C)C)NC(=O)[C@H](Cc1c[nH]cn1)NC(=O)CNC(=O)[C@@H](NC(=O)[C@H](C)NC(=O)[C@H](Cc1c[nH]c2ccccc12)NC(=O)[C@H](Cc1c[nH]cn1)NC(=O)[C@H](CC(N)=O)NC(=O)CNC(=O)[C@H](CCCN=C(N)N)NC(=O)[C@@H]1CCCN1C(=O)[C@H](Cc1ccc(O)cc1)NC(=O)[C@@H](N)CCSC)C(C)C)C(=O)O. The smallest absolute Gasteiger partial charge is 0.326 e. The lowest BCUT2D eigenvalue weighted by Crippen LogP contribution is -2.60. The molecule has 40 nitrogen and oxygen atoms in total. The molecule has 0 bridgehead atoms. The summed E-state index contributed by atoms with van der Waals surface area (Å²) in [5.74, 6) is -13.7. The number of carboxylic acids is 1. The number of hydrogen-bond donors (Lipinski definition) is 21. The van der Waals surface area contributed by atoms with Crippen LogP contribution < -0.4 is 86.7 Å². The number of para-hydroxylation sites is 1. The molecule has 14 amide bonds. The van der Waals surface area contributed by atoms with Crippen molar-refractivity contribution < 1.29 is 82.1 Å². The van der Waals surface area contributed by atoms with E-state index in [4.69, 9.17) is 22.9 Å². The van der Waals surface area contributed by atoms with Crippen LogP contribution in [0.4, 0.5) is 0 Å². The van der Waals surface area contributed by atoms with Crippen molar-refractivity contribution in [1.82, 2.24) is 93.6 Å². The van der Waals surface area contributed by atoms with E-state index in [1.54, 1.807) is 76.5 Å². The van der Waals surface area contributed by atoms with E-state index < -0.39 is 187 Å². The van der Waals surface area contributed by atoms with Gasteiger partial charge in [-0.15, -0.1) is 0 Å².